The van der Waals surface area contributed by atoms with Crippen molar-refractivity contribution >= 4 is 23.6 Å². The molecule has 0 unspecified atom stereocenters. The van der Waals surface area contributed by atoms with Gasteiger partial charge in [-0.3, -0.25) is 10.2 Å². The molecule has 6 nitrogen and oxygen atoms in total. The van der Waals surface area contributed by atoms with E-state index in [0.717, 1.165) is 25.0 Å². The average Bonchev–Trinajstić information content (AvgIpc) is 2.84. The predicted molar refractivity (Wildman–Crippen MR) is 69.4 cm³/mol. The van der Waals surface area contributed by atoms with Crippen molar-refractivity contribution in [2.75, 3.05) is 5.75 Å². The number of hydrogen-bond donors (Lipinski definition) is 4. The van der Waals surface area contributed by atoms with Gasteiger partial charge in [-0.05, 0) is 12.8 Å². The van der Waals surface area contributed by atoms with Gasteiger partial charge in [0.1, 0.15) is 0 Å². The summed E-state index contributed by atoms with van der Waals surface area (Å²) in [6.45, 7) is 0. The summed E-state index contributed by atoms with van der Waals surface area (Å²) in [7, 11) is 0. The molecular formula is C10H19N5OS. The van der Waals surface area contributed by atoms with Crippen molar-refractivity contribution in [3.05, 3.63) is 0 Å². The van der Waals surface area contributed by atoms with Gasteiger partial charge in [0.2, 0.25) is 5.91 Å². The lowest BCUT2D eigenvalue weighted by molar-refractivity contribution is -0.121. The fourth-order valence-corrected chi connectivity index (χ4v) is 3.84. The molecule has 2 aliphatic heterocycles. The fraction of sp³-hybridized carbons (Fsp3) is 0.800. The lowest BCUT2D eigenvalue weighted by atomic mass is 10.0. The van der Waals surface area contributed by atoms with Crippen LogP contribution in [0.25, 0.3) is 0 Å². The minimum absolute atomic E-state index is 0.0910. The molecule has 6 N–H and O–H groups in total. The van der Waals surface area contributed by atoms with Gasteiger partial charge in [0.05, 0.1) is 12.1 Å². The Morgan fingerprint density at radius 3 is 3.18 bits per heavy atom. The van der Waals surface area contributed by atoms with Crippen LogP contribution in [-0.4, -0.2) is 35.0 Å². The Bertz CT molecular complexity index is 322. The molecule has 0 spiro atoms. The number of nitrogens with one attached hydrogen (secondary N) is 2. The summed E-state index contributed by atoms with van der Waals surface area (Å²) in [5, 5.41) is 3.73. The third-order valence-electron chi connectivity index (χ3n) is 3.21. The number of thioether (sulfide) groups is 1. The number of nitrogens with two attached hydrogens (primary N) is 2. The van der Waals surface area contributed by atoms with Crippen molar-refractivity contribution in [3.8, 4) is 0 Å². The van der Waals surface area contributed by atoms with Crippen LogP contribution in [0.4, 0.5) is 0 Å². The van der Waals surface area contributed by atoms with Gasteiger partial charge in [-0.25, -0.2) is 10.8 Å². The molecule has 3 atom stereocenters. The van der Waals surface area contributed by atoms with E-state index in [4.69, 9.17) is 11.6 Å². The Balaban J connectivity index is 1.68. The van der Waals surface area contributed by atoms with Crippen LogP contribution in [0.2, 0.25) is 0 Å². The molecule has 0 bridgehead atoms. The molecule has 96 valence electrons. The molecule has 0 radical (unpaired) electrons. The summed E-state index contributed by atoms with van der Waals surface area (Å²) in [4.78, 5) is 15.4. The number of aliphatic imine (C=N–C) groups is 1. The van der Waals surface area contributed by atoms with Crippen LogP contribution in [0.5, 0.6) is 0 Å². The first-order valence-corrected chi connectivity index (χ1v) is 6.96. The van der Waals surface area contributed by atoms with Crippen LogP contribution in [0.15, 0.2) is 4.99 Å². The molecule has 17 heavy (non-hydrogen) atoms. The Hall–Kier alpha value is -0.950. The largest absolute Gasteiger partial charge is 0.370 e. The van der Waals surface area contributed by atoms with Crippen molar-refractivity contribution in [1.29, 1.82) is 0 Å². The van der Waals surface area contributed by atoms with E-state index in [1.807, 2.05) is 11.8 Å². The van der Waals surface area contributed by atoms with E-state index in [1.165, 1.54) is 0 Å². The Labute approximate surface area is 105 Å². The molecule has 2 rings (SSSR count). The summed E-state index contributed by atoms with van der Waals surface area (Å²) < 4.78 is 0. The van der Waals surface area contributed by atoms with Gasteiger partial charge in [-0.15, -0.1) is 0 Å². The van der Waals surface area contributed by atoms with Gasteiger partial charge >= 0.3 is 0 Å². The normalized spacial score (nSPS) is 30.6. The van der Waals surface area contributed by atoms with Crippen LogP contribution >= 0.6 is 11.8 Å². The first-order chi connectivity index (χ1) is 8.20. The second kappa shape index (κ2) is 5.59. The quantitative estimate of drug-likeness (QED) is 0.226. The molecule has 0 aromatic carbocycles. The number of fused-ring (bicyclic) bond motifs is 1. The van der Waals surface area contributed by atoms with E-state index in [0.29, 0.717) is 29.7 Å². The van der Waals surface area contributed by atoms with Crippen LogP contribution < -0.4 is 22.3 Å². The minimum Gasteiger partial charge on any atom is -0.370 e. The fourth-order valence-electron chi connectivity index (χ4n) is 2.33. The molecule has 2 heterocycles. The number of nitrogens with zero attached hydrogens (tertiary/aromatic N) is 1. The lowest BCUT2D eigenvalue weighted by Crippen LogP contribution is -2.38. The van der Waals surface area contributed by atoms with Gasteiger partial charge in [-0.1, -0.05) is 6.42 Å². The molecule has 2 aliphatic rings. The Morgan fingerprint density at radius 1 is 1.59 bits per heavy atom. The zero-order chi connectivity index (χ0) is 12.3. The zero-order valence-electron chi connectivity index (χ0n) is 9.69. The van der Waals surface area contributed by atoms with Gasteiger partial charge in [-0.2, -0.15) is 11.8 Å². The summed E-state index contributed by atoms with van der Waals surface area (Å²) in [5.74, 6) is 6.58. The number of rotatable bonds is 5. The lowest BCUT2D eigenvalue weighted by Gasteiger charge is -2.14. The molecule has 1 saturated heterocycles. The number of hydrazine groups is 1. The third kappa shape index (κ3) is 3.04. The van der Waals surface area contributed by atoms with Crippen molar-refractivity contribution in [2.45, 2.75) is 43.0 Å². The number of hydrogen-bond acceptors (Lipinski definition) is 6. The van der Waals surface area contributed by atoms with Crippen LogP contribution in [-0.2, 0) is 4.79 Å². The molecule has 0 aliphatic carbocycles. The monoisotopic (exact) mass is 257 g/mol. The summed E-state index contributed by atoms with van der Waals surface area (Å²) in [5.41, 5.74) is 7.81. The molecule has 7 heteroatoms. The SMILES string of the molecule is NNC(=O)CCCC[C@@H]1SC[C@@H]2NC(N)=N[C@@H]21. The Kier molecular flexibility index (Phi) is 4.11. The standard InChI is InChI=1S/C10H19N5OS/c11-10-13-6-5-17-7(9(6)14-10)3-1-2-4-8(16)15-12/h6-7,9H,1-5,12H2,(H,15,16)(H3,11,13,14)/t6-,7-,9-/m0/s1. The first kappa shape index (κ1) is 12.5. The van der Waals surface area contributed by atoms with Crippen molar-refractivity contribution in [2.24, 2.45) is 16.6 Å². The van der Waals surface area contributed by atoms with Crippen molar-refractivity contribution < 1.29 is 4.79 Å². The number of amides is 1. The maximum absolute atomic E-state index is 10.9. The number of unbranched alkanes of at least 4 members (excludes halogenated alkanes) is 1. The van der Waals surface area contributed by atoms with E-state index in [2.05, 4.69) is 15.7 Å². The van der Waals surface area contributed by atoms with Gasteiger partial charge < -0.3 is 11.1 Å². The highest BCUT2D eigenvalue weighted by molar-refractivity contribution is 8.00. The average molecular weight is 257 g/mol. The maximum Gasteiger partial charge on any atom is 0.233 e. The minimum atomic E-state index is -0.0910. The number of carbonyl (C=O) groups is 1. The highest BCUT2D eigenvalue weighted by Gasteiger charge is 2.39. The van der Waals surface area contributed by atoms with E-state index < -0.39 is 0 Å². The zero-order valence-corrected chi connectivity index (χ0v) is 10.5. The smallest absolute Gasteiger partial charge is 0.233 e. The molecular weight excluding hydrogens is 238 g/mol. The van der Waals surface area contributed by atoms with Gasteiger partial charge in [0.15, 0.2) is 5.96 Å². The van der Waals surface area contributed by atoms with Crippen LogP contribution in [0.3, 0.4) is 0 Å². The molecule has 0 saturated carbocycles. The molecule has 0 aromatic rings. The van der Waals surface area contributed by atoms with E-state index >= 15 is 0 Å². The topological polar surface area (TPSA) is 106 Å². The molecule has 1 fully saturated rings. The predicted octanol–water partition coefficient (Wildman–Crippen LogP) is -0.693. The summed E-state index contributed by atoms with van der Waals surface area (Å²) >= 11 is 1.95. The van der Waals surface area contributed by atoms with E-state index in [1.54, 1.807) is 0 Å². The van der Waals surface area contributed by atoms with Gasteiger partial charge in [0, 0.05) is 17.4 Å². The highest BCUT2D eigenvalue weighted by atomic mass is 32.2. The van der Waals surface area contributed by atoms with Gasteiger partial charge in [0.25, 0.3) is 0 Å². The summed E-state index contributed by atoms with van der Waals surface area (Å²) in [6, 6.07) is 0.737. The Morgan fingerprint density at radius 2 is 2.41 bits per heavy atom. The second-order valence-electron chi connectivity index (χ2n) is 4.44. The summed E-state index contributed by atoms with van der Waals surface area (Å²) in [6.07, 6.45) is 3.50. The molecule has 1 amide bonds. The third-order valence-corrected chi connectivity index (χ3v) is 4.70. The van der Waals surface area contributed by atoms with E-state index in [-0.39, 0.29) is 5.91 Å². The number of guanidine groups is 1. The second-order valence-corrected chi connectivity index (χ2v) is 5.71. The van der Waals surface area contributed by atoms with Crippen LogP contribution in [0, 0.1) is 0 Å². The number of carbonyl (C=O) groups excluding carboxylic acids is 1. The van der Waals surface area contributed by atoms with Crippen LogP contribution in [0.1, 0.15) is 25.7 Å². The maximum atomic E-state index is 10.9. The molecule has 0 aromatic heterocycles. The highest BCUT2D eigenvalue weighted by Crippen LogP contribution is 2.35. The van der Waals surface area contributed by atoms with E-state index in [9.17, 15) is 4.79 Å². The van der Waals surface area contributed by atoms with Crippen molar-refractivity contribution in [3.63, 3.8) is 0 Å². The first-order valence-electron chi connectivity index (χ1n) is 5.91. The van der Waals surface area contributed by atoms with Crippen molar-refractivity contribution in [1.82, 2.24) is 10.7 Å².